The summed E-state index contributed by atoms with van der Waals surface area (Å²) in [4.78, 5) is 40.3. The Morgan fingerprint density at radius 2 is 1.88 bits per heavy atom. The molecule has 7 nitrogen and oxygen atoms in total. The van der Waals surface area contributed by atoms with Gasteiger partial charge in [-0.1, -0.05) is 6.07 Å². The number of nitrogens with one attached hydrogen (secondary N) is 1. The van der Waals surface area contributed by atoms with Crippen LogP contribution < -0.4 is 16.6 Å². The molecule has 0 atom stereocenters. The average molecular weight is 320 g/mol. The van der Waals surface area contributed by atoms with Gasteiger partial charge in [-0.15, -0.1) is 0 Å². The van der Waals surface area contributed by atoms with E-state index < -0.39 is 17.4 Å². The van der Waals surface area contributed by atoms with Gasteiger partial charge in [-0.2, -0.15) is 0 Å². The van der Waals surface area contributed by atoms with Crippen LogP contribution in [0.25, 0.3) is 16.6 Å². The zero-order valence-corrected chi connectivity index (χ0v) is 12.7. The molecule has 0 aliphatic carbocycles. The van der Waals surface area contributed by atoms with Gasteiger partial charge >= 0.3 is 0 Å². The van der Waals surface area contributed by atoms with Gasteiger partial charge in [0.2, 0.25) is 0 Å². The maximum atomic E-state index is 12.4. The number of hydrogen-bond acceptors (Lipinski definition) is 5. The van der Waals surface area contributed by atoms with Gasteiger partial charge in [0.25, 0.3) is 17.4 Å². The van der Waals surface area contributed by atoms with Gasteiger partial charge in [-0.25, -0.2) is 0 Å². The van der Waals surface area contributed by atoms with Gasteiger partial charge in [0.15, 0.2) is 0 Å². The number of nitrogens with two attached hydrogens (primary N) is 1. The number of aromatic nitrogens is 2. The van der Waals surface area contributed by atoms with Crippen molar-refractivity contribution >= 4 is 28.5 Å². The van der Waals surface area contributed by atoms with Crippen molar-refractivity contribution in [2.75, 3.05) is 5.73 Å². The Hall–Kier alpha value is -3.48. The first-order chi connectivity index (χ1) is 11.5. The van der Waals surface area contributed by atoms with Crippen molar-refractivity contribution < 1.29 is 9.59 Å². The third-order valence-electron chi connectivity index (χ3n) is 4.16. The molecule has 3 N–H and O–H groups in total. The lowest BCUT2D eigenvalue weighted by Crippen LogP contribution is -2.24. The molecule has 0 fully saturated rings. The molecule has 1 aliphatic rings. The SMILES string of the molecule is Cc1ccnc2cc(-n3c(N)c4c(cc3=O)C(=O)NC4=O)ccc12. The Balaban J connectivity index is 2.01. The Bertz CT molecular complexity index is 1110. The van der Waals surface area contributed by atoms with E-state index in [1.165, 1.54) is 4.57 Å². The summed E-state index contributed by atoms with van der Waals surface area (Å²) in [5.74, 6) is -1.27. The van der Waals surface area contributed by atoms with E-state index in [4.69, 9.17) is 5.73 Å². The largest absolute Gasteiger partial charge is 0.384 e. The van der Waals surface area contributed by atoms with E-state index in [0.717, 1.165) is 17.0 Å². The number of fused-ring (bicyclic) bond motifs is 2. The average Bonchev–Trinajstić information content (AvgIpc) is 2.82. The van der Waals surface area contributed by atoms with Crippen LogP contribution in [0.15, 0.2) is 41.3 Å². The van der Waals surface area contributed by atoms with Crippen LogP contribution in [0.4, 0.5) is 5.82 Å². The zero-order chi connectivity index (χ0) is 17.0. The summed E-state index contributed by atoms with van der Waals surface area (Å²) in [5.41, 5.74) is 7.83. The van der Waals surface area contributed by atoms with E-state index in [1.54, 1.807) is 18.3 Å². The highest BCUT2D eigenvalue weighted by Crippen LogP contribution is 2.25. The summed E-state index contributed by atoms with van der Waals surface area (Å²) in [6.45, 7) is 1.97. The van der Waals surface area contributed by atoms with E-state index in [1.807, 2.05) is 19.1 Å². The van der Waals surface area contributed by atoms with Crippen molar-refractivity contribution in [1.82, 2.24) is 14.9 Å². The Morgan fingerprint density at radius 1 is 1.08 bits per heavy atom. The second-order valence-electron chi connectivity index (χ2n) is 5.60. The maximum Gasteiger partial charge on any atom is 0.262 e. The van der Waals surface area contributed by atoms with E-state index in [0.29, 0.717) is 11.2 Å². The standard InChI is InChI=1S/C17H12N4O3/c1-8-4-5-19-12-6-9(2-3-10(8)12)21-13(22)7-11-14(15(21)18)17(24)20-16(11)23/h2-7H,18H2,1H3,(H,20,23,24). The highest BCUT2D eigenvalue weighted by molar-refractivity contribution is 6.23. The van der Waals surface area contributed by atoms with Gasteiger partial charge in [-0.3, -0.25) is 29.3 Å². The Labute approximate surface area is 135 Å². The third-order valence-corrected chi connectivity index (χ3v) is 4.16. The van der Waals surface area contributed by atoms with Crippen LogP contribution >= 0.6 is 0 Å². The quantitative estimate of drug-likeness (QED) is 0.654. The predicted molar refractivity (Wildman–Crippen MR) is 88.3 cm³/mol. The number of carbonyl (C=O) groups excluding carboxylic acids is 2. The monoisotopic (exact) mass is 320 g/mol. The second-order valence-corrected chi connectivity index (χ2v) is 5.60. The van der Waals surface area contributed by atoms with Crippen LogP contribution in [0.1, 0.15) is 26.3 Å². The molecule has 0 spiro atoms. The number of nitrogen functional groups attached to an aromatic ring is 1. The highest BCUT2D eigenvalue weighted by Gasteiger charge is 2.31. The lowest BCUT2D eigenvalue weighted by Gasteiger charge is -2.12. The molecule has 0 unspecified atom stereocenters. The summed E-state index contributed by atoms with van der Waals surface area (Å²) in [6.07, 6.45) is 1.68. The number of nitrogens with zero attached hydrogens (tertiary/aromatic N) is 2. The fourth-order valence-corrected chi connectivity index (χ4v) is 2.96. The first kappa shape index (κ1) is 14.1. The van der Waals surface area contributed by atoms with Crippen LogP contribution in [0.3, 0.4) is 0 Å². The third kappa shape index (κ3) is 1.84. The van der Waals surface area contributed by atoms with Crippen molar-refractivity contribution in [3.63, 3.8) is 0 Å². The van der Waals surface area contributed by atoms with Crippen molar-refractivity contribution in [2.24, 2.45) is 0 Å². The number of anilines is 1. The van der Waals surface area contributed by atoms with Crippen molar-refractivity contribution in [2.45, 2.75) is 6.92 Å². The van der Waals surface area contributed by atoms with Crippen LogP contribution in [-0.4, -0.2) is 21.4 Å². The molecule has 2 aromatic heterocycles. The van der Waals surface area contributed by atoms with Crippen LogP contribution in [-0.2, 0) is 0 Å². The molecule has 1 aromatic carbocycles. The van der Waals surface area contributed by atoms with E-state index in [2.05, 4.69) is 10.3 Å². The molecule has 3 heterocycles. The highest BCUT2D eigenvalue weighted by atomic mass is 16.2. The van der Waals surface area contributed by atoms with E-state index in [9.17, 15) is 14.4 Å². The first-order valence-electron chi connectivity index (χ1n) is 7.24. The van der Waals surface area contributed by atoms with Crippen molar-refractivity contribution in [3.8, 4) is 5.69 Å². The minimum absolute atomic E-state index is 0.00788. The van der Waals surface area contributed by atoms with Gasteiger partial charge in [-0.05, 0) is 30.7 Å². The molecular weight excluding hydrogens is 308 g/mol. The topological polar surface area (TPSA) is 107 Å². The van der Waals surface area contributed by atoms with Gasteiger partial charge in [0.1, 0.15) is 5.82 Å². The molecule has 118 valence electrons. The predicted octanol–water partition coefficient (Wildman–Crippen LogP) is 1.16. The summed E-state index contributed by atoms with van der Waals surface area (Å²) >= 11 is 0. The van der Waals surface area contributed by atoms with Crippen LogP contribution in [0, 0.1) is 6.92 Å². The number of pyridine rings is 2. The Kier molecular flexibility index (Phi) is 2.80. The summed E-state index contributed by atoms with van der Waals surface area (Å²) < 4.78 is 1.21. The normalized spacial score (nSPS) is 13.2. The first-order valence-corrected chi connectivity index (χ1v) is 7.24. The number of aryl methyl sites for hydroxylation is 1. The number of amides is 2. The molecule has 7 heteroatoms. The second kappa shape index (κ2) is 4.76. The smallest absolute Gasteiger partial charge is 0.262 e. The maximum absolute atomic E-state index is 12.4. The summed E-state index contributed by atoms with van der Waals surface area (Å²) in [6, 6.07) is 8.32. The number of rotatable bonds is 1. The summed E-state index contributed by atoms with van der Waals surface area (Å²) in [7, 11) is 0. The lowest BCUT2D eigenvalue weighted by molar-refractivity contribution is 0.0880. The van der Waals surface area contributed by atoms with Crippen LogP contribution in [0.2, 0.25) is 0 Å². The molecule has 2 amide bonds. The summed E-state index contributed by atoms with van der Waals surface area (Å²) in [5, 5.41) is 3.10. The molecular formula is C17H12N4O3. The number of imide groups is 1. The minimum atomic E-state index is -0.609. The molecule has 24 heavy (non-hydrogen) atoms. The zero-order valence-electron chi connectivity index (χ0n) is 12.7. The molecule has 3 aromatic rings. The van der Waals surface area contributed by atoms with Gasteiger partial charge in [0.05, 0.1) is 22.3 Å². The fraction of sp³-hybridized carbons (Fsp3) is 0.0588. The fourth-order valence-electron chi connectivity index (χ4n) is 2.96. The van der Waals surface area contributed by atoms with E-state index in [-0.39, 0.29) is 16.9 Å². The number of benzene rings is 1. The van der Waals surface area contributed by atoms with Crippen molar-refractivity contribution in [1.29, 1.82) is 0 Å². The Morgan fingerprint density at radius 3 is 2.67 bits per heavy atom. The molecule has 1 aliphatic heterocycles. The minimum Gasteiger partial charge on any atom is -0.384 e. The molecule has 4 rings (SSSR count). The molecule has 0 saturated carbocycles. The van der Waals surface area contributed by atoms with Crippen molar-refractivity contribution in [3.05, 3.63) is 63.6 Å². The molecule has 0 bridgehead atoms. The molecule has 0 saturated heterocycles. The molecule has 0 radical (unpaired) electrons. The number of carbonyl (C=O) groups is 2. The lowest BCUT2D eigenvalue weighted by atomic mass is 10.1. The van der Waals surface area contributed by atoms with E-state index >= 15 is 0 Å². The van der Waals surface area contributed by atoms with Gasteiger partial charge < -0.3 is 5.73 Å². The van der Waals surface area contributed by atoms with Crippen LogP contribution in [0.5, 0.6) is 0 Å². The number of hydrogen-bond donors (Lipinski definition) is 2. The van der Waals surface area contributed by atoms with Gasteiger partial charge in [0, 0.05) is 17.6 Å².